The van der Waals surface area contributed by atoms with Crippen LogP contribution in [0.4, 0.5) is 0 Å². The number of carbonyl (C=O) groups excluding carboxylic acids is 1. The summed E-state index contributed by atoms with van der Waals surface area (Å²) in [6.45, 7) is 6.56. The Bertz CT molecular complexity index is 683. The van der Waals surface area contributed by atoms with E-state index in [9.17, 15) is 4.79 Å². The molecule has 2 heterocycles. The number of aryl methyl sites for hydroxylation is 1. The lowest BCUT2D eigenvalue weighted by Crippen LogP contribution is -2.24. The highest BCUT2D eigenvalue weighted by molar-refractivity contribution is 7.73. The number of aromatic nitrogens is 2. The highest BCUT2D eigenvalue weighted by Crippen LogP contribution is 2.22. The van der Waals surface area contributed by atoms with Crippen LogP contribution in [0.15, 0.2) is 10.6 Å². The average Bonchev–Trinajstić information content (AvgIpc) is 3.06. The Morgan fingerprint density at radius 2 is 2.23 bits per heavy atom. The fraction of sp³-hybridized carbons (Fsp3) is 0.533. The van der Waals surface area contributed by atoms with Gasteiger partial charge in [0.15, 0.2) is 9.71 Å². The first-order chi connectivity index (χ1) is 10.5. The van der Waals surface area contributed by atoms with Crippen molar-refractivity contribution < 1.29 is 9.32 Å². The van der Waals surface area contributed by atoms with E-state index in [1.54, 1.807) is 0 Å². The van der Waals surface area contributed by atoms with Crippen molar-refractivity contribution in [3.05, 3.63) is 32.0 Å². The van der Waals surface area contributed by atoms with Crippen LogP contribution in [0.2, 0.25) is 0 Å². The second-order valence-corrected chi connectivity index (χ2v) is 7.02. The molecule has 2 rings (SSSR count). The summed E-state index contributed by atoms with van der Waals surface area (Å²) >= 11 is 6.51. The minimum atomic E-state index is -0.0474. The van der Waals surface area contributed by atoms with Gasteiger partial charge in [0.25, 0.3) is 0 Å². The zero-order valence-electron chi connectivity index (χ0n) is 13.1. The normalized spacial score (nSPS) is 11.1. The van der Waals surface area contributed by atoms with Crippen LogP contribution in [0.25, 0.3) is 0 Å². The Morgan fingerprint density at radius 1 is 1.50 bits per heavy atom. The molecule has 2 aromatic rings. The lowest BCUT2D eigenvalue weighted by Gasteiger charge is -2.06. The Kier molecular flexibility index (Phi) is 5.90. The van der Waals surface area contributed by atoms with E-state index in [0.717, 1.165) is 29.1 Å². The van der Waals surface area contributed by atoms with Crippen LogP contribution in [0.5, 0.6) is 0 Å². The first kappa shape index (κ1) is 16.9. The quantitative estimate of drug-likeness (QED) is 0.751. The van der Waals surface area contributed by atoms with Gasteiger partial charge < -0.3 is 14.8 Å². The molecular formula is C15H21N3O2S2. The van der Waals surface area contributed by atoms with Crippen molar-refractivity contribution >= 4 is 29.5 Å². The molecule has 1 amide bonds. The monoisotopic (exact) mass is 339 g/mol. The summed E-state index contributed by atoms with van der Waals surface area (Å²) < 4.78 is 5.99. The summed E-state index contributed by atoms with van der Waals surface area (Å²) in [5, 5.41) is 6.95. The molecular weight excluding hydrogens is 318 g/mol. The number of aromatic amines is 1. The Balaban J connectivity index is 1.89. The smallest absolute Gasteiger partial charge is 0.225 e. The van der Waals surface area contributed by atoms with Crippen LogP contribution < -0.4 is 5.32 Å². The van der Waals surface area contributed by atoms with E-state index in [4.69, 9.17) is 16.7 Å². The van der Waals surface area contributed by atoms with Gasteiger partial charge in [-0.1, -0.05) is 19.0 Å². The van der Waals surface area contributed by atoms with E-state index in [1.807, 2.05) is 13.0 Å². The van der Waals surface area contributed by atoms with Crippen molar-refractivity contribution in [1.29, 1.82) is 0 Å². The van der Waals surface area contributed by atoms with E-state index in [-0.39, 0.29) is 5.91 Å². The number of hydrogen-bond donors (Lipinski definition) is 2. The fourth-order valence-electron chi connectivity index (χ4n) is 2.31. The molecule has 5 nitrogen and oxygen atoms in total. The van der Waals surface area contributed by atoms with Gasteiger partial charge >= 0.3 is 0 Å². The molecule has 0 atom stereocenters. The molecule has 0 saturated carbocycles. The number of amides is 1. The predicted molar refractivity (Wildman–Crippen MR) is 89.6 cm³/mol. The van der Waals surface area contributed by atoms with Crippen LogP contribution in [-0.4, -0.2) is 16.0 Å². The highest BCUT2D eigenvalue weighted by atomic mass is 32.1. The third-order valence-electron chi connectivity index (χ3n) is 3.69. The largest absolute Gasteiger partial charge is 0.359 e. The van der Waals surface area contributed by atoms with E-state index < -0.39 is 0 Å². The number of hydrogen-bond acceptors (Lipinski definition) is 5. The highest BCUT2D eigenvalue weighted by Gasteiger charge is 2.14. The Morgan fingerprint density at radius 3 is 2.82 bits per heavy atom. The van der Waals surface area contributed by atoms with Crippen molar-refractivity contribution in [3.63, 3.8) is 0 Å². The van der Waals surface area contributed by atoms with Gasteiger partial charge in [0.05, 0.1) is 18.7 Å². The Hall–Kier alpha value is -1.47. The van der Waals surface area contributed by atoms with Crippen LogP contribution in [0, 0.1) is 10.9 Å². The number of carbonyl (C=O) groups is 1. The number of thiazole rings is 1. The molecule has 0 radical (unpaired) electrons. The molecule has 0 aliphatic carbocycles. The maximum atomic E-state index is 12.0. The van der Waals surface area contributed by atoms with Crippen molar-refractivity contribution in [2.24, 2.45) is 0 Å². The van der Waals surface area contributed by atoms with Crippen molar-refractivity contribution in [1.82, 2.24) is 15.5 Å². The molecule has 2 N–H and O–H groups in total. The summed E-state index contributed by atoms with van der Waals surface area (Å²) in [5.74, 6) is 1.06. The molecule has 22 heavy (non-hydrogen) atoms. The van der Waals surface area contributed by atoms with E-state index in [1.165, 1.54) is 11.3 Å². The van der Waals surface area contributed by atoms with Crippen LogP contribution in [0.1, 0.15) is 54.6 Å². The molecule has 0 aliphatic heterocycles. The average molecular weight is 339 g/mol. The molecule has 7 heteroatoms. The molecule has 120 valence electrons. The second kappa shape index (κ2) is 7.69. The molecule has 0 aromatic carbocycles. The molecule has 0 bridgehead atoms. The first-order valence-corrected chi connectivity index (χ1v) is 8.66. The van der Waals surface area contributed by atoms with Crippen molar-refractivity contribution in [2.75, 3.05) is 0 Å². The molecule has 0 aliphatic rings. The number of nitrogens with one attached hydrogen (secondary N) is 2. The van der Waals surface area contributed by atoms with Crippen molar-refractivity contribution in [2.45, 2.75) is 52.5 Å². The van der Waals surface area contributed by atoms with Gasteiger partial charge in [-0.05, 0) is 32.0 Å². The summed E-state index contributed by atoms with van der Waals surface area (Å²) in [5.41, 5.74) is 1.93. The zero-order chi connectivity index (χ0) is 16.1. The third-order valence-corrected chi connectivity index (χ3v) is 5.02. The van der Waals surface area contributed by atoms with Crippen LogP contribution in [0.3, 0.4) is 0 Å². The van der Waals surface area contributed by atoms with Gasteiger partial charge in [0.2, 0.25) is 5.91 Å². The number of rotatable bonds is 7. The van der Waals surface area contributed by atoms with Crippen LogP contribution >= 0.6 is 23.6 Å². The minimum absolute atomic E-state index is 0.0474. The molecule has 2 aromatic heterocycles. The minimum Gasteiger partial charge on any atom is -0.359 e. The Labute approximate surface area is 139 Å². The lowest BCUT2D eigenvalue weighted by atomic mass is 9.99. The summed E-state index contributed by atoms with van der Waals surface area (Å²) in [6.07, 6.45) is 2.40. The molecule has 0 saturated heterocycles. The lowest BCUT2D eigenvalue weighted by molar-refractivity contribution is -0.120. The third kappa shape index (κ3) is 4.27. The summed E-state index contributed by atoms with van der Waals surface area (Å²) in [4.78, 5) is 16.0. The summed E-state index contributed by atoms with van der Waals surface area (Å²) in [6, 6.07) is 1.93. The standard InChI is InChI=1S/C15H21N3O2S2/c1-4-10(5-2)12-6-11(20-18-12)8-16-14(19)7-13-9(3)17-15(21)22-13/h6,10H,4-5,7-8H2,1-3H3,(H,16,19)(H,17,21). The van der Waals surface area contributed by atoms with Crippen LogP contribution in [-0.2, 0) is 17.8 Å². The van der Waals surface area contributed by atoms with Gasteiger partial charge in [-0.25, -0.2) is 0 Å². The van der Waals surface area contributed by atoms with Gasteiger partial charge in [0, 0.05) is 22.6 Å². The maximum Gasteiger partial charge on any atom is 0.225 e. The predicted octanol–water partition coefficient (Wildman–Crippen LogP) is 3.86. The van der Waals surface area contributed by atoms with E-state index >= 15 is 0 Å². The van der Waals surface area contributed by atoms with Gasteiger partial charge in [0.1, 0.15) is 0 Å². The topological polar surface area (TPSA) is 70.9 Å². The van der Waals surface area contributed by atoms with Gasteiger partial charge in [-0.3, -0.25) is 4.79 Å². The number of H-pyrrole nitrogens is 1. The van der Waals surface area contributed by atoms with Gasteiger partial charge in [-0.2, -0.15) is 0 Å². The first-order valence-electron chi connectivity index (χ1n) is 7.44. The van der Waals surface area contributed by atoms with E-state index in [0.29, 0.717) is 28.6 Å². The zero-order valence-corrected chi connectivity index (χ0v) is 14.7. The SMILES string of the molecule is CCC(CC)c1cc(CNC(=O)Cc2sc(=S)[nH]c2C)on1. The van der Waals surface area contributed by atoms with E-state index in [2.05, 4.69) is 29.3 Å². The summed E-state index contributed by atoms with van der Waals surface area (Å²) in [7, 11) is 0. The van der Waals surface area contributed by atoms with Crippen molar-refractivity contribution in [3.8, 4) is 0 Å². The maximum absolute atomic E-state index is 12.0. The second-order valence-electron chi connectivity index (χ2n) is 5.25. The molecule has 0 spiro atoms. The number of nitrogens with zero attached hydrogens (tertiary/aromatic N) is 1. The molecule has 0 unspecified atom stereocenters. The fourth-order valence-corrected chi connectivity index (χ4v) is 3.60. The van der Waals surface area contributed by atoms with Gasteiger partial charge in [-0.15, -0.1) is 11.3 Å². The molecule has 0 fully saturated rings.